The summed E-state index contributed by atoms with van der Waals surface area (Å²) in [6.45, 7) is 4.84. The number of hydrogen-bond donors (Lipinski definition) is 4. The number of thiophene rings is 1. The summed E-state index contributed by atoms with van der Waals surface area (Å²) in [5, 5.41) is 16.3. The standard InChI is InChI=1S/C25H28Cl2N4O5S/c1-25(2,3)36-24(35)28-11-16(32)23(34)31(4)20-13-8-6-5-7-12(13)9-14(20)30-22(33)15-10-17-19(29-15)18(26)21(27)37-17/h5-8,10,14,16,20,29,32H,9,11H2,1-4H3,(H,28,35)(H,30,33)/t14-,16+,20-/m1/s1. The van der Waals surface area contributed by atoms with Gasteiger partial charge in [-0.1, -0.05) is 47.5 Å². The normalized spacial score (nSPS) is 17.8. The second-order valence-electron chi connectivity index (χ2n) is 9.89. The lowest BCUT2D eigenvalue weighted by molar-refractivity contribution is -0.141. The summed E-state index contributed by atoms with van der Waals surface area (Å²) in [5.41, 5.74) is 2.08. The van der Waals surface area contributed by atoms with Gasteiger partial charge in [-0.25, -0.2) is 4.79 Å². The summed E-state index contributed by atoms with van der Waals surface area (Å²) in [6, 6.07) is 8.30. The van der Waals surface area contributed by atoms with Crippen LogP contribution in [0.25, 0.3) is 10.2 Å². The van der Waals surface area contributed by atoms with E-state index in [4.69, 9.17) is 27.9 Å². The Morgan fingerprint density at radius 3 is 2.65 bits per heavy atom. The molecule has 0 spiro atoms. The number of hydrogen-bond acceptors (Lipinski definition) is 6. The topological polar surface area (TPSA) is 124 Å². The first-order valence-corrected chi connectivity index (χ1v) is 13.2. The largest absolute Gasteiger partial charge is 0.444 e. The van der Waals surface area contributed by atoms with Gasteiger partial charge in [0.05, 0.1) is 33.9 Å². The van der Waals surface area contributed by atoms with E-state index in [2.05, 4.69) is 15.6 Å². The molecule has 3 amide bonds. The minimum absolute atomic E-state index is 0.313. The van der Waals surface area contributed by atoms with Crippen LogP contribution in [0.1, 0.15) is 48.4 Å². The molecule has 198 valence electrons. The fraction of sp³-hybridized carbons (Fsp3) is 0.400. The van der Waals surface area contributed by atoms with Gasteiger partial charge in [-0.15, -0.1) is 11.3 Å². The zero-order valence-corrected chi connectivity index (χ0v) is 23.1. The number of alkyl carbamates (subject to hydrolysis) is 1. The van der Waals surface area contributed by atoms with Gasteiger partial charge in [0.15, 0.2) is 0 Å². The van der Waals surface area contributed by atoms with Gasteiger partial charge in [-0.2, -0.15) is 0 Å². The fourth-order valence-corrected chi connectivity index (χ4v) is 5.90. The van der Waals surface area contributed by atoms with Crippen LogP contribution in [0.3, 0.4) is 0 Å². The molecule has 0 saturated carbocycles. The van der Waals surface area contributed by atoms with Crippen molar-refractivity contribution in [1.82, 2.24) is 20.5 Å². The third-order valence-electron chi connectivity index (χ3n) is 6.02. The van der Waals surface area contributed by atoms with E-state index in [9.17, 15) is 19.5 Å². The SMILES string of the molecule is CN(C(=O)[C@@H](O)CNC(=O)OC(C)(C)C)[C@@H]1c2ccccc2C[C@H]1NC(=O)c1cc2sc(Cl)c(Cl)c2[nH]1. The monoisotopic (exact) mass is 566 g/mol. The molecular formula is C25H28Cl2N4O5S. The second-order valence-corrected chi connectivity index (χ2v) is 11.9. The molecule has 1 aliphatic rings. The number of amides is 3. The number of carbonyl (C=O) groups excluding carboxylic acids is 3. The first-order valence-electron chi connectivity index (χ1n) is 11.6. The van der Waals surface area contributed by atoms with E-state index >= 15 is 0 Å². The fourth-order valence-electron chi connectivity index (χ4n) is 4.42. The number of likely N-dealkylation sites (N-methyl/N-ethyl adjacent to an activating group) is 1. The quantitative estimate of drug-likeness (QED) is 0.354. The highest BCUT2D eigenvalue weighted by Gasteiger charge is 2.39. The number of carbonyl (C=O) groups is 3. The summed E-state index contributed by atoms with van der Waals surface area (Å²) < 4.78 is 6.36. The average Bonchev–Trinajstić information content (AvgIpc) is 3.47. The number of aliphatic hydroxyl groups excluding tert-OH is 1. The Labute approximate surface area is 228 Å². The molecule has 12 heteroatoms. The van der Waals surface area contributed by atoms with Gasteiger partial charge in [0.25, 0.3) is 11.8 Å². The molecule has 2 aromatic heterocycles. The molecule has 9 nitrogen and oxygen atoms in total. The van der Waals surface area contributed by atoms with E-state index in [1.54, 1.807) is 33.9 Å². The van der Waals surface area contributed by atoms with Crippen molar-refractivity contribution >= 4 is 62.7 Å². The van der Waals surface area contributed by atoms with E-state index in [0.29, 0.717) is 27.0 Å². The van der Waals surface area contributed by atoms with E-state index in [-0.39, 0.29) is 12.5 Å². The van der Waals surface area contributed by atoms with Crippen molar-refractivity contribution in [2.45, 2.75) is 51.0 Å². The number of aromatic nitrogens is 1. The Bertz CT molecular complexity index is 1350. The highest BCUT2D eigenvalue weighted by molar-refractivity contribution is 7.23. The molecule has 2 heterocycles. The Morgan fingerprint density at radius 2 is 1.97 bits per heavy atom. The van der Waals surface area contributed by atoms with Crippen molar-refractivity contribution in [3.05, 3.63) is 56.5 Å². The molecule has 1 aromatic carbocycles. The molecule has 1 aliphatic carbocycles. The number of halogens is 2. The van der Waals surface area contributed by atoms with Crippen molar-refractivity contribution < 1.29 is 24.2 Å². The molecule has 4 rings (SSSR count). The molecule has 0 bridgehead atoms. The van der Waals surface area contributed by atoms with E-state index in [0.717, 1.165) is 15.8 Å². The summed E-state index contributed by atoms with van der Waals surface area (Å²) in [6.07, 6.45) is -1.73. The molecule has 0 aliphatic heterocycles. The molecule has 37 heavy (non-hydrogen) atoms. The molecule has 3 aromatic rings. The lowest BCUT2D eigenvalue weighted by Gasteiger charge is -2.32. The van der Waals surface area contributed by atoms with Crippen LogP contribution in [0.5, 0.6) is 0 Å². The number of aromatic amines is 1. The maximum atomic E-state index is 13.2. The van der Waals surface area contributed by atoms with Crippen molar-refractivity contribution in [2.75, 3.05) is 13.6 Å². The zero-order valence-electron chi connectivity index (χ0n) is 20.7. The van der Waals surface area contributed by atoms with Crippen LogP contribution in [-0.4, -0.2) is 64.2 Å². The second kappa shape index (κ2) is 10.5. The molecule has 3 atom stereocenters. The van der Waals surface area contributed by atoms with Crippen LogP contribution in [0.2, 0.25) is 9.36 Å². The molecule has 4 N–H and O–H groups in total. The number of benzene rings is 1. The number of aliphatic hydroxyl groups is 1. The number of nitrogens with one attached hydrogen (secondary N) is 3. The minimum atomic E-state index is -1.50. The highest BCUT2D eigenvalue weighted by atomic mass is 35.5. The van der Waals surface area contributed by atoms with Gasteiger partial charge in [0, 0.05) is 7.05 Å². The van der Waals surface area contributed by atoms with E-state index < -0.39 is 35.8 Å². The maximum absolute atomic E-state index is 13.2. The van der Waals surface area contributed by atoms with Crippen molar-refractivity contribution in [1.29, 1.82) is 0 Å². The Hall–Kier alpha value is -2.79. The first kappa shape index (κ1) is 27.3. The van der Waals surface area contributed by atoms with Crippen LogP contribution < -0.4 is 10.6 Å². The summed E-state index contributed by atoms with van der Waals surface area (Å²) in [7, 11) is 1.57. The number of nitrogens with zero attached hydrogens (tertiary/aromatic N) is 1. The predicted octanol–water partition coefficient (Wildman–Crippen LogP) is 4.28. The number of ether oxygens (including phenoxy) is 1. The maximum Gasteiger partial charge on any atom is 0.407 e. The zero-order chi connectivity index (χ0) is 27.1. The van der Waals surface area contributed by atoms with Crippen LogP contribution in [0, 0.1) is 0 Å². The Kier molecular flexibility index (Phi) is 7.75. The third-order valence-corrected chi connectivity index (χ3v) is 7.95. The van der Waals surface area contributed by atoms with E-state index in [1.165, 1.54) is 16.2 Å². The van der Waals surface area contributed by atoms with Gasteiger partial charge in [-0.05, 0) is 44.4 Å². The molecule has 0 saturated heterocycles. The Balaban J connectivity index is 1.49. The van der Waals surface area contributed by atoms with Gasteiger partial charge in [0.1, 0.15) is 21.7 Å². The van der Waals surface area contributed by atoms with Gasteiger partial charge < -0.3 is 30.4 Å². The molecule has 0 radical (unpaired) electrons. The van der Waals surface area contributed by atoms with Gasteiger partial charge >= 0.3 is 6.09 Å². The van der Waals surface area contributed by atoms with Crippen LogP contribution in [-0.2, 0) is 16.0 Å². The van der Waals surface area contributed by atoms with Crippen LogP contribution in [0.15, 0.2) is 30.3 Å². The number of rotatable bonds is 6. The minimum Gasteiger partial charge on any atom is -0.444 e. The summed E-state index contributed by atoms with van der Waals surface area (Å²) in [5.74, 6) is -0.954. The van der Waals surface area contributed by atoms with Crippen LogP contribution in [0.4, 0.5) is 4.79 Å². The van der Waals surface area contributed by atoms with Gasteiger partial charge in [-0.3, -0.25) is 9.59 Å². The Morgan fingerprint density at radius 1 is 1.27 bits per heavy atom. The lowest BCUT2D eigenvalue weighted by Crippen LogP contribution is -2.50. The van der Waals surface area contributed by atoms with Crippen molar-refractivity contribution in [3.8, 4) is 0 Å². The number of H-pyrrole nitrogens is 1. The predicted molar refractivity (Wildman–Crippen MR) is 143 cm³/mol. The van der Waals surface area contributed by atoms with Crippen molar-refractivity contribution in [3.63, 3.8) is 0 Å². The van der Waals surface area contributed by atoms with Gasteiger partial charge in [0.2, 0.25) is 0 Å². The number of fused-ring (bicyclic) bond motifs is 2. The summed E-state index contributed by atoms with van der Waals surface area (Å²) >= 11 is 13.6. The lowest BCUT2D eigenvalue weighted by atomic mass is 10.0. The third kappa shape index (κ3) is 5.87. The van der Waals surface area contributed by atoms with E-state index in [1.807, 2.05) is 24.3 Å². The average molecular weight is 567 g/mol. The highest BCUT2D eigenvalue weighted by Crippen LogP contribution is 2.39. The van der Waals surface area contributed by atoms with Crippen molar-refractivity contribution in [2.24, 2.45) is 0 Å². The smallest absolute Gasteiger partial charge is 0.407 e. The molecule has 0 fully saturated rings. The first-order chi connectivity index (χ1) is 17.4. The summed E-state index contributed by atoms with van der Waals surface area (Å²) in [4.78, 5) is 42.6. The molecule has 0 unspecified atom stereocenters. The molecular weight excluding hydrogens is 539 g/mol. The van der Waals surface area contributed by atoms with Crippen LogP contribution >= 0.6 is 34.5 Å².